The predicted octanol–water partition coefficient (Wildman–Crippen LogP) is 3.41. The lowest BCUT2D eigenvalue weighted by atomic mass is 10.1. The van der Waals surface area contributed by atoms with Crippen LogP contribution >= 0.6 is 0 Å². The molecule has 1 aromatic heterocycles. The molecule has 1 fully saturated rings. The minimum absolute atomic E-state index is 0.0452. The van der Waals surface area contributed by atoms with Crippen molar-refractivity contribution >= 4 is 21.7 Å². The van der Waals surface area contributed by atoms with Crippen molar-refractivity contribution in [3.8, 4) is 0 Å². The second kappa shape index (κ2) is 9.62. The van der Waals surface area contributed by atoms with E-state index in [0.717, 1.165) is 6.42 Å². The normalized spacial score (nSPS) is 14.3. The largest absolute Gasteiger partial charge is 0.455 e. The molecule has 0 radical (unpaired) electrons. The zero-order valence-corrected chi connectivity index (χ0v) is 19.3. The van der Waals surface area contributed by atoms with Crippen molar-refractivity contribution in [1.29, 1.82) is 0 Å². The van der Waals surface area contributed by atoms with E-state index >= 15 is 0 Å². The highest BCUT2D eigenvalue weighted by atomic mass is 32.2. The molecular weight excluding hydrogens is 440 g/mol. The van der Waals surface area contributed by atoms with Crippen LogP contribution in [-0.4, -0.2) is 56.2 Å². The number of benzene rings is 2. The second-order valence-corrected chi connectivity index (χ2v) is 9.96. The van der Waals surface area contributed by atoms with Crippen LogP contribution in [-0.2, 0) is 22.0 Å². The van der Waals surface area contributed by atoms with Gasteiger partial charge in [-0.15, -0.1) is 0 Å². The first-order valence-electron chi connectivity index (χ1n) is 10.9. The first-order chi connectivity index (χ1) is 15.9. The van der Waals surface area contributed by atoms with Crippen LogP contribution in [0.3, 0.4) is 0 Å². The first kappa shape index (κ1) is 22.8. The maximum atomic E-state index is 12.8. The van der Waals surface area contributed by atoms with E-state index in [9.17, 15) is 18.0 Å². The molecule has 0 unspecified atom stereocenters. The Balaban J connectivity index is 1.35. The standard InChI is InChI=1S/C25H26N2O5S/c1-2-19-8-10-20(11-9-19)24(28)26-14-16-27(17-15-26)25(29)23-13-12-21(32-23)18-33(30,31)22-6-4-3-5-7-22/h3-13H,2,14-18H2,1H3. The van der Waals surface area contributed by atoms with Gasteiger partial charge < -0.3 is 14.2 Å². The molecule has 8 heteroatoms. The van der Waals surface area contributed by atoms with Crippen LogP contribution in [0.2, 0.25) is 0 Å². The Hall–Kier alpha value is -3.39. The van der Waals surface area contributed by atoms with Crippen molar-refractivity contribution in [3.63, 3.8) is 0 Å². The fraction of sp³-hybridized carbons (Fsp3) is 0.280. The van der Waals surface area contributed by atoms with E-state index in [1.807, 2.05) is 24.3 Å². The number of aryl methyl sites for hydroxylation is 1. The van der Waals surface area contributed by atoms with E-state index < -0.39 is 9.84 Å². The van der Waals surface area contributed by atoms with Gasteiger partial charge in [-0.05, 0) is 48.4 Å². The van der Waals surface area contributed by atoms with Crippen molar-refractivity contribution in [2.45, 2.75) is 24.0 Å². The van der Waals surface area contributed by atoms with Crippen molar-refractivity contribution in [3.05, 3.63) is 89.4 Å². The third-order valence-electron chi connectivity index (χ3n) is 5.77. The fourth-order valence-corrected chi connectivity index (χ4v) is 5.07. The zero-order chi connectivity index (χ0) is 23.4. The Bertz CT molecular complexity index is 1230. The number of nitrogens with zero attached hydrogens (tertiary/aromatic N) is 2. The van der Waals surface area contributed by atoms with Gasteiger partial charge in [0.25, 0.3) is 11.8 Å². The Kier molecular flexibility index (Phi) is 6.65. The first-order valence-corrected chi connectivity index (χ1v) is 12.6. The number of hydrogen-bond acceptors (Lipinski definition) is 5. The Labute approximate surface area is 193 Å². The van der Waals surface area contributed by atoms with Crippen LogP contribution in [0, 0.1) is 0 Å². The van der Waals surface area contributed by atoms with Gasteiger partial charge in [0.15, 0.2) is 15.6 Å². The molecule has 0 N–H and O–H groups in total. The molecule has 0 spiro atoms. The summed E-state index contributed by atoms with van der Waals surface area (Å²) in [6, 6.07) is 18.8. The smallest absolute Gasteiger partial charge is 0.289 e. The summed E-state index contributed by atoms with van der Waals surface area (Å²) in [7, 11) is -3.56. The molecule has 1 aliphatic rings. The molecule has 33 heavy (non-hydrogen) atoms. The SMILES string of the molecule is CCc1ccc(C(=O)N2CCN(C(=O)c3ccc(CS(=O)(=O)c4ccccc4)o3)CC2)cc1. The highest BCUT2D eigenvalue weighted by Crippen LogP contribution is 2.20. The quantitative estimate of drug-likeness (QED) is 0.556. The van der Waals surface area contributed by atoms with E-state index in [1.165, 1.54) is 29.8 Å². The van der Waals surface area contributed by atoms with E-state index in [1.54, 1.807) is 28.0 Å². The van der Waals surface area contributed by atoms with Gasteiger partial charge in [0.2, 0.25) is 0 Å². The summed E-state index contributed by atoms with van der Waals surface area (Å²) in [5.41, 5.74) is 1.82. The number of sulfone groups is 1. The van der Waals surface area contributed by atoms with Crippen LogP contribution in [0.4, 0.5) is 0 Å². The molecule has 172 valence electrons. The molecule has 1 aliphatic heterocycles. The lowest BCUT2D eigenvalue weighted by Gasteiger charge is -2.34. The molecular formula is C25H26N2O5S. The lowest BCUT2D eigenvalue weighted by Crippen LogP contribution is -2.50. The van der Waals surface area contributed by atoms with Gasteiger partial charge in [-0.3, -0.25) is 9.59 Å². The highest BCUT2D eigenvalue weighted by molar-refractivity contribution is 7.90. The monoisotopic (exact) mass is 466 g/mol. The van der Waals surface area contributed by atoms with Crippen LogP contribution in [0.1, 0.15) is 39.2 Å². The van der Waals surface area contributed by atoms with Crippen LogP contribution in [0.25, 0.3) is 0 Å². The summed E-state index contributed by atoms with van der Waals surface area (Å²) in [4.78, 5) is 29.2. The number of furan rings is 1. The van der Waals surface area contributed by atoms with Crippen molar-refractivity contribution in [2.24, 2.45) is 0 Å². The number of amides is 2. The average Bonchev–Trinajstić information content (AvgIpc) is 3.31. The van der Waals surface area contributed by atoms with Gasteiger partial charge in [0.1, 0.15) is 11.5 Å². The molecule has 0 saturated carbocycles. The third kappa shape index (κ3) is 5.17. The summed E-state index contributed by atoms with van der Waals surface area (Å²) >= 11 is 0. The van der Waals surface area contributed by atoms with Gasteiger partial charge in [-0.25, -0.2) is 8.42 Å². The summed E-state index contributed by atoms with van der Waals surface area (Å²) in [5, 5.41) is 0. The maximum Gasteiger partial charge on any atom is 0.289 e. The lowest BCUT2D eigenvalue weighted by molar-refractivity contribution is 0.0517. The summed E-state index contributed by atoms with van der Waals surface area (Å²) in [6.07, 6.45) is 0.919. The average molecular weight is 467 g/mol. The number of carbonyl (C=O) groups is 2. The number of rotatable bonds is 6. The number of piperazine rings is 1. The molecule has 3 aromatic rings. The van der Waals surface area contributed by atoms with E-state index in [0.29, 0.717) is 31.7 Å². The molecule has 0 atom stereocenters. The maximum absolute atomic E-state index is 12.8. The van der Waals surface area contributed by atoms with Crippen LogP contribution in [0.5, 0.6) is 0 Å². The summed E-state index contributed by atoms with van der Waals surface area (Å²) in [5.74, 6) is -0.354. The fourth-order valence-electron chi connectivity index (χ4n) is 3.80. The van der Waals surface area contributed by atoms with Crippen molar-refractivity contribution in [2.75, 3.05) is 26.2 Å². The zero-order valence-electron chi connectivity index (χ0n) is 18.4. The summed E-state index contributed by atoms with van der Waals surface area (Å²) < 4.78 is 30.7. The Morgan fingerprint density at radius 3 is 2.03 bits per heavy atom. The van der Waals surface area contributed by atoms with Gasteiger partial charge in [0.05, 0.1) is 4.90 Å². The molecule has 4 rings (SSSR count). The van der Waals surface area contributed by atoms with E-state index in [4.69, 9.17) is 4.42 Å². The molecule has 2 aromatic carbocycles. The number of hydrogen-bond donors (Lipinski definition) is 0. The van der Waals surface area contributed by atoms with Crippen LogP contribution in [0.15, 0.2) is 76.0 Å². The molecule has 1 saturated heterocycles. The van der Waals surface area contributed by atoms with Crippen LogP contribution < -0.4 is 0 Å². The second-order valence-electron chi connectivity index (χ2n) is 7.97. The van der Waals surface area contributed by atoms with Crippen molar-refractivity contribution < 1.29 is 22.4 Å². The van der Waals surface area contributed by atoms with Gasteiger partial charge in [0, 0.05) is 31.7 Å². The van der Waals surface area contributed by atoms with E-state index in [2.05, 4.69) is 6.92 Å². The van der Waals surface area contributed by atoms with Crippen molar-refractivity contribution in [1.82, 2.24) is 9.80 Å². The molecule has 0 aliphatic carbocycles. The minimum atomic E-state index is -3.56. The molecule has 2 amide bonds. The van der Waals surface area contributed by atoms with E-state index in [-0.39, 0.29) is 34.0 Å². The van der Waals surface area contributed by atoms with Gasteiger partial charge >= 0.3 is 0 Å². The minimum Gasteiger partial charge on any atom is -0.455 e. The molecule has 7 nitrogen and oxygen atoms in total. The molecule has 2 heterocycles. The third-order valence-corrected chi connectivity index (χ3v) is 7.43. The number of carbonyl (C=O) groups excluding carboxylic acids is 2. The molecule has 0 bridgehead atoms. The topological polar surface area (TPSA) is 87.9 Å². The summed E-state index contributed by atoms with van der Waals surface area (Å²) in [6.45, 7) is 3.69. The predicted molar refractivity (Wildman–Crippen MR) is 124 cm³/mol. The Morgan fingerprint density at radius 1 is 0.818 bits per heavy atom. The van der Waals surface area contributed by atoms with Gasteiger partial charge in [-0.2, -0.15) is 0 Å². The van der Waals surface area contributed by atoms with Gasteiger partial charge in [-0.1, -0.05) is 37.3 Å². The Morgan fingerprint density at radius 2 is 1.42 bits per heavy atom. The highest BCUT2D eigenvalue weighted by Gasteiger charge is 2.27.